The average Bonchev–Trinajstić information content (AvgIpc) is 2.94. The molecule has 1 N–H and O–H groups in total. The Balaban J connectivity index is 2.00. The summed E-state index contributed by atoms with van der Waals surface area (Å²) in [7, 11) is -1.95. The van der Waals surface area contributed by atoms with E-state index in [9.17, 15) is 8.42 Å². The normalized spacial score (nSPS) is 13.7. The molecule has 0 saturated heterocycles. The fourth-order valence-electron chi connectivity index (χ4n) is 2.37. The number of hydrogen-bond acceptors (Lipinski definition) is 3. The molecule has 0 radical (unpaired) electrons. The topological polar surface area (TPSA) is 49.4 Å². The first-order valence-corrected chi connectivity index (χ1v) is 7.94. The lowest BCUT2D eigenvalue weighted by atomic mass is 10.2. The summed E-state index contributed by atoms with van der Waals surface area (Å²) in [6.07, 6.45) is 0.949. The van der Waals surface area contributed by atoms with E-state index in [0.29, 0.717) is 10.6 Å². The highest BCUT2D eigenvalue weighted by molar-refractivity contribution is 7.92. The Morgan fingerprint density at radius 1 is 1.10 bits per heavy atom. The van der Waals surface area contributed by atoms with Gasteiger partial charge in [0.1, 0.15) is 0 Å². The molecule has 2 aromatic carbocycles. The van der Waals surface area contributed by atoms with Crippen molar-refractivity contribution in [2.24, 2.45) is 0 Å². The molecular formula is C15H16N2O2S. The maximum Gasteiger partial charge on any atom is 0.264 e. The molecule has 0 atom stereocenters. The van der Waals surface area contributed by atoms with Gasteiger partial charge in [-0.2, -0.15) is 0 Å². The van der Waals surface area contributed by atoms with Gasteiger partial charge in [-0.3, -0.25) is 4.31 Å². The van der Waals surface area contributed by atoms with Crippen LogP contribution in [0.5, 0.6) is 0 Å². The lowest BCUT2D eigenvalue weighted by Gasteiger charge is -2.19. The van der Waals surface area contributed by atoms with E-state index < -0.39 is 10.0 Å². The summed E-state index contributed by atoms with van der Waals surface area (Å²) in [5.74, 6) is 0. The van der Waals surface area contributed by atoms with Crippen molar-refractivity contribution in [1.82, 2.24) is 0 Å². The van der Waals surface area contributed by atoms with Crippen LogP contribution in [-0.2, 0) is 16.4 Å². The molecule has 104 valence electrons. The number of sulfonamides is 1. The molecule has 0 bridgehead atoms. The Morgan fingerprint density at radius 3 is 2.60 bits per heavy atom. The first kappa shape index (κ1) is 13.0. The largest absolute Gasteiger partial charge is 0.384 e. The fraction of sp³-hybridized carbons (Fsp3) is 0.200. The summed E-state index contributed by atoms with van der Waals surface area (Å²) in [5.41, 5.74) is 2.75. The number of hydrogen-bond donors (Lipinski definition) is 1. The van der Waals surface area contributed by atoms with Crippen LogP contribution in [0.1, 0.15) is 5.56 Å². The van der Waals surface area contributed by atoms with Crippen molar-refractivity contribution in [3.63, 3.8) is 0 Å². The van der Waals surface area contributed by atoms with Gasteiger partial charge in [-0.1, -0.05) is 24.3 Å². The number of benzene rings is 2. The second kappa shape index (κ2) is 4.83. The molecule has 1 heterocycles. The summed E-state index contributed by atoms with van der Waals surface area (Å²) in [4.78, 5) is 0.317. The molecule has 1 aliphatic heterocycles. The fourth-order valence-corrected chi connectivity index (χ4v) is 3.59. The van der Waals surface area contributed by atoms with Crippen LogP contribution < -0.4 is 9.62 Å². The number of anilines is 2. The molecule has 0 spiro atoms. The number of nitrogens with one attached hydrogen (secondary N) is 1. The molecule has 0 aliphatic carbocycles. The average molecular weight is 288 g/mol. The maximum absolute atomic E-state index is 12.6. The predicted octanol–water partition coefficient (Wildman–Crippen LogP) is 2.48. The zero-order chi connectivity index (χ0) is 14.2. The molecular weight excluding hydrogens is 272 g/mol. The van der Waals surface area contributed by atoms with Crippen molar-refractivity contribution < 1.29 is 8.42 Å². The van der Waals surface area contributed by atoms with Gasteiger partial charge >= 0.3 is 0 Å². The van der Waals surface area contributed by atoms with E-state index in [0.717, 1.165) is 18.7 Å². The lowest BCUT2D eigenvalue weighted by molar-refractivity contribution is 0.594. The number of nitrogens with zero attached hydrogens (tertiary/aromatic N) is 1. The highest BCUT2D eigenvalue weighted by Crippen LogP contribution is 2.28. The second-order valence-electron chi connectivity index (χ2n) is 4.80. The lowest BCUT2D eigenvalue weighted by Crippen LogP contribution is -2.26. The summed E-state index contributed by atoms with van der Waals surface area (Å²) in [5, 5.41) is 3.21. The van der Waals surface area contributed by atoms with Gasteiger partial charge in [0.05, 0.1) is 10.6 Å². The molecule has 20 heavy (non-hydrogen) atoms. The molecule has 0 fully saturated rings. The van der Waals surface area contributed by atoms with Crippen molar-refractivity contribution in [3.8, 4) is 0 Å². The Bertz CT molecular complexity index is 727. The van der Waals surface area contributed by atoms with Crippen LogP contribution in [0.3, 0.4) is 0 Å². The quantitative estimate of drug-likeness (QED) is 0.944. The van der Waals surface area contributed by atoms with Crippen molar-refractivity contribution in [3.05, 3.63) is 54.1 Å². The smallest absolute Gasteiger partial charge is 0.264 e. The molecule has 3 rings (SSSR count). The summed E-state index contributed by atoms with van der Waals surface area (Å²) < 4.78 is 26.6. The first-order valence-electron chi connectivity index (χ1n) is 6.50. The molecule has 0 aromatic heterocycles. The molecule has 5 heteroatoms. The minimum Gasteiger partial charge on any atom is -0.384 e. The molecule has 4 nitrogen and oxygen atoms in total. The Kier molecular flexibility index (Phi) is 3.14. The van der Waals surface area contributed by atoms with Gasteiger partial charge in [0.15, 0.2) is 0 Å². The summed E-state index contributed by atoms with van der Waals surface area (Å²) >= 11 is 0. The minimum atomic E-state index is -3.52. The molecule has 0 amide bonds. The zero-order valence-corrected chi connectivity index (χ0v) is 12.0. The van der Waals surface area contributed by atoms with Gasteiger partial charge in [-0.15, -0.1) is 0 Å². The monoisotopic (exact) mass is 288 g/mol. The van der Waals surface area contributed by atoms with Gasteiger partial charge < -0.3 is 5.32 Å². The highest BCUT2D eigenvalue weighted by Gasteiger charge is 2.23. The van der Waals surface area contributed by atoms with Gasteiger partial charge in [-0.05, 0) is 36.2 Å². The van der Waals surface area contributed by atoms with Crippen LogP contribution in [0.15, 0.2) is 53.4 Å². The van der Waals surface area contributed by atoms with Crippen molar-refractivity contribution in [1.29, 1.82) is 0 Å². The molecule has 0 saturated carbocycles. The van der Waals surface area contributed by atoms with Crippen LogP contribution in [0, 0.1) is 0 Å². The van der Waals surface area contributed by atoms with Gasteiger partial charge in [0.2, 0.25) is 0 Å². The van der Waals surface area contributed by atoms with E-state index in [-0.39, 0.29) is 0 Å². The van der Waals surface area contributed by atoms with E-state index in [1.807, 2.05) is 24.3 Å². The third kappa shape index (κ3) is 2.14. The van der Waals surface area contributed by atoms with Crippen molar-refractivity contribution >= 4 is 21.4 Å². The van der Waals surface area contributed by atoms with E-state index in [4.69, 9.17) is 0 Å². The molecule has 1 aliphatic rings. The number of rotatable bonds is 3. The first-order chi connectivity index (χ1) is 9.59. The van der Waals surface area contributed by atoms with E-state index in [1.54, 1.807) is 31.3 Å². The molecule has 2 aromatic rings. The van der Waals surface area contributed by atoms with Crippen molar-refractivity contribution in [2.75, 3.05) is 23.2 Å². The van der Waals surface area contributed by atoms with Gasteiger partial charge in [0.25, 0.3) is 10.0 Å². The van der Waals surface area contributed by atoms with Crippen LogP contribution in [0.4, 0.5) is 11.4 Å². The van der Waals surface area contributed by atoms with Gasteiger partial charge in [-0.25, -0.2) is 8.42 Å². The minimum absolute atomic E-state index is 0.317. The predicted molar refractivity (Wildman–Crippen MR) is 80.7 cm³/mol. The Morgan fingerprint density at radius 2 is 1.85 bits per heavy atom. The zero-order valence-electron chi connectivity index (χ0n) is 11.2. The number of para-hydroxylation sites is 1. The maximum atomic E-state index is 12.6. The Hall–Kier alpha value is -2.01. The highest BCUT2D eigenvalue weighted by atomic mass is 32.2. The second-order valence-corrected chi connectivity index (χ2v) is 6.77. The van der Waals surface area contributed by atoms with Crippen LogP contribution >= 0.6 is 0 Å². The standard InChI is InChI=1S/C15H16N2O2S/c1-17(13-5-3-2-4-6-13)20(18,19)14-8-7-12-9-10-16-15(12)11-14/h2-8,11,16H,9-10H2,1H3. The summed E-state index contributed by atoms with van der Waals surface area (Å²) in [6, 6.07) is 14.4. The van der Waals surface area contributed by atoms with Crippen molar-refractivity contribution in [2.45, 2.75) is 11.3 Å². The third-order valence-corrected chi connectivity index (χ3v) is 5.35. The number of fused-ring (bicyclic) bond motifs is 1. The summed E-state index contributed by atoms with van der Waals surface area (Å²) in [6.45, 7) is 0.868. The Labute approximate surface area is 119 Å². The SMILES string of the molecule is CN(c1ccccc1)S(=O)(=O)c1ccc2c(c1)NCC2. The van der Waals surface area contributed by atoms with E-state index >= 15 is 0 Å². The van der Waals surface area contributed by atoms with Gasteiger partial charge in [0, 0.05) is 19.3 Å². The third-order valence-electron chi connectivity index (χ3n) is 3.57. The van der Waals surface area contributed by atoms with E-state index in [1.165, 1.54) is 9.87 Å². The van der Waals surface area contributed by atoms with E-state index in [2.05, 4.69) is 5.32 Å². The molecule has 0 unspecified atom stereocenters. The van der Waals surface area contributed by atoms with Crippen LogP contribution in [-0.4, -0.2) is 22.0 Å². The van der Waals surface area contributed by atoms with Crippen LogP contribution in [0.25, 0.3) is 0 Å². The van der Waals surface area contributed by atoms with Crippen LogP contribution in [0.2, 0.25) is 0 Å².